The van der Waals surface area contributed by atoms with Gasteiger partial charge in [-0.25, -0.2) is 0 Å². The molecule has 1 rings (SSSR count). The van der Waals surface area contributed by atoms with Crippen LogP contribution < -0.4 is 0 Å². The van der Waals surface area contributed by atoms with Crippen molar-refractivity contribution in [2.75, 3.05) is 19.7 Å². The van der Waals surface area contributed by atoms with Gasteiger partial charge < -0.3 is 5.11 Å². The lowest BCUT2D eigenvalue weighted by Crippen LogP contribution is -2.35. The molecular weight excluding hydrogens is 283 g/mol. The average Bonchev–Trinajstić information content (AvgIpc) is 2.51. The van der Waals surface area contributed by atoms with Gasteiger partial charge in [0.25, 0.3) is 0 Å². The number of aliphatic hydroxyl groups is 1. The van der Waals surface area contributed by atoms with Gasteiger partial charge in [0, 0.05) is 32.3 Å². The maximum Gasteiger partial charge on any atom is 0.401 e. The van der Waals surface area contributed by atoms with Crippen molar-refractivity contribution in [1.82, 2.24) is 14.7 Å². The molecule has 19 heavy (non-hydrogen) atoms. The third-order valence-corrected chi connectivity index (χ3v) is 3.16. The Morgan fingerprint density at radius 3 is 2.47 bits per heavy atom. The summed E-state index contributed by atoms with van der Waals surface area (Å²) in [5.74, 6) is 0. The normalized spacial score (nSPS) is 12.4. The molecule has 0 atom stereocenters. The predicted octanol–water partition coefficient (Wildman–Crippen LogP) is 2.13. The van der Waals surface area contributed by atoms with E-state index in [0.29, 0.717) is 16.4 Å². The maximum absolute atomic E-state index is 12.5. The molecule has 0 aliphatic heterocycles. The monoisotopic (exact) mass is 299 g/mol. The first kappa shape index (κ1) is 16.3. The van der Waals surface area contributed by atoms with Crippen LogP contribution in [0.4, 0.5) is 13.2 Å². The number of aliphatic hydroxyl groups excluding tert-OH is 1. The summed E-state index contributed by atoms with van der Waals surface area (Å²) in [7, 11) is 1.64. The van der Waals surface area contributed by atoms with Gasteiger partial charge in [0.15, 0.2) is 0 Å². The first-order valence-electron chi connectivity index (χ1n) is 5.82. The van der Waals surface area contributed by atoms with Crippen molar-refractivity contribution in [3.05, 3.63) is 16.4 Å². The van der Waals surface area contributed by atoms with Crippen molar-refractivity contribution < 1.29 is 18.3 Å². The van der Waals surface area contributed by atoms with E-state index >= 15 is 0 Å². The molecule has 0 saturated carbocycles. The number of hydrogen-bond donors (Lipinski definition) is 1. The Kier molecular flexibility index (Phi) is 5.64. The Balaban J connectivity index is 2.81. The van der Waals surface area contributed by atoms with Gasteiger partial charge in [-0.05, 0) is 13.3 Å². The van der Waals surface area contributed by atoms with E-state index in [-0.39, 0.29) is 26.1 Å². The van der Waals surface area contributed by atoms with Crippen LogP contribution in [0.3, 0.4) is 0 Å². The molecule has 8 heteroatoms. The van der Waals surface area contributed by atoms with Crippen LogP contribution in [0.1, 0.15) is 17.7 Å². The lowest BCUT2D eigenvalue weighted by molar-refractivity contribution is -0.147. The fourth-order valence-corrected chi connectivity index (χ4v) is 2.07. The van der Waals surface area contributed by atoms with Crippen molar-refractivity contribution >= 4 is 11.6 Å². The van der Waals surface area contributed by atoms with Crippen molar-refractivity contribution in [2.45, 2.75) is 26.1 Å². The second kappa shape index (κ2) is 6.58. The van der Waals surface area contributed by atoms with Gasteiger partial charge in [-0.15, -0.1) is 0 Å². The number of aryl methyl sites for hydroxylation is 2. The van der Waals surface area contributed by atoms with E-state index in [4.69, 9.17) is 16.7 Å². The van der Waals surface area contributed by atoms with Crippen molar-refractivity contribution in [3.63, 3.8) is 0 Å². The van der Waals surface area contributed by atoms with Crippen LogP contribution in [0.25, 0.3) is 0 Å². The standard InChI is InChI=1S/C11H17ClF3N3O/c1-8-9(10(12)17(2)16-8)6-18(4-3-5-19)7-11(13,14)15/h19H,3-7H2,1-2H3. The zero-order chi connectivity index (χ0) is 14.6. The van der Waals surface area contributed by atoms with Gasteiger partial charge in [-0.2, -0.15) is 18.3 Å². The molecule has 0 bridgehead atoms. The van der Waals surface area contributed by atoms with E-state index in [1.54, 1.807) is 14.0 Å². The topological polar surface area (TPSA) is 41.3 Å². The van der Waals surface area contributed by atoms with Crippen molar-refractivity contribution in [1.29, 1.82) is 0 Å². The molecule has 0 unspecified atom stereocenters. The summed E-state index contributed by atoms with van der Waals surface area (Å²) in [5, 5.41) is 13.2. The Hall–Kier alpha value is -0.790. The van der Waals surface area contributed by atoms with E-state index in [2.05, 4.69) is 5.10 Å². The molecule has 0 fully saturated rings. The number of nitrogens with zero attached hydrogens (tertiary/aromatic N) is 3. The summed E-state index contributed by atoms with van der Waals surface area (Å²) in [6.45, 7) is 0.753. The highest BCUT2D eigenvalue weighted by Gasteiger charge is 2.31. The fraction of sp³-hybridized carbons (Fsp3) is 0.727. The molecule has 0 spiro atoms. The first-order chi connectivity index (χ1) is 8.74. The number of alkyl halides is 3. The summed E-state index contributed by atoms with van der Waals surface area (Å²) in [6.07, 6.45) is -3.99. The van der Waals surface area contributed by atoms with Crippen LogP contribution in [0.5, 0.6) is 0 Å². The molecule has 0 aliphatic rings. The lowest BCUT2D eigenvalue weighted by Gasteiger charge is -2.23. The first-order valence-corrected chi connectivity index (χ1v) is 6.20. The van der Waals surface area contributed by atoms with E-state index in [1.807, 2.05) is 0 Å². The number of aromatic nitrogens is 2. The lowest BCUT2D eigenvalue weighted by atomic mass is 10.2. The minimum Gasteiger partial charge on any atom is -0.396 e. The quantitative estimate of drug-likeness (QED) is 0.875. The Labute approximate surface area is 114 Å². The highest BCUT2D eigenvalue weighted by molar-refractivity contribution is 6.30. The van der Waals surface area contributed by atoms with E-state index in [0.717, 1.165) is 0 Å². The van der Waals surface area contributed by atoms with Crippen LogP contribution >= 0.6 is 11.6 Å². The number of hydrogen-bond acceptors (Lipinski definition) is 3. The molecule has 0 radical (unpaired) electrons. The molecule has 1 aromatic heterocycles. The molecule has 0 aromatic carbocycles. The molecule has 0 amide bonds. The molecular formula is C11H17ClF3N3O. The minimum absolute atomic E-state index is 0.0675. The van der Waals surface area contributed by atoms with E-state index in [9.17, 15) is 13.2 Å². The van der Waals surface area contributed by atoms with Crippen LogP contribution in [-0.2, 0) is 13.6 Å². The zero-order valence-electron chi connectivity index (χ0n) is 10.8. The molecule has 4 nitrogen and oxygen atoms in total. The SMILES string of the molecule is Cc1nn(C)c(Cl)c1CN(CCCO)CC(F)(F)F. The molecule has 0 aliphatic carbocycles. The average molecular weight is 300 g/mol. The molecule has 1 N–H and O–H groups in total. The largest absolute Gasteiger partial charge is 0.401 e. The second-order valence-electron chi connectivity index (χ2n) is 4.38. The third-order valence-electron chi connectivity index (χ3n) is 2.69. The van der Waals surface area contributed by atoms with Gasteiger partial charge in [0.2, 0.25) is 0 Å². The van der Waals surface area contributed by atoms with Gasteiger partial charge in [0.05, 0.1) is 12.2 Å². The third kappa shape index (κ3) is 5.00. The van der Waals surface area contributed by atoms with Crippen LogP contribution in [0.15, 0.2) is 0 Å². The van der Waals surface area contributed by atoms with E-state index in [1.165, 1.54) is 9.58 Å². The summed E-state index contributed by atoms with van der Waals surface area (Å²) in [6, 6.07) is 0. The molecule has 110 valence electrons. The Bertz CT molecular complexity index is 420. The summed E-state index contributed by atoms with van der Waals surface area (Å²) in [5.41, 5.74) is 1.20. The van der Waals surface area contributed by atoms with Gasteiger partial charge in [-0.1, -0.05) is 11.6 Å². The van der Waals surface area contributed by atoms with Crippen LogP contribution in [0.2, 0.25) is 5.15 Å². The molecule has 1 aromatic rings. The van der Waals surface area contributed by atoms with Gasteiger partial charge >= 0.3 is 6.18 Å². The number of halogens is 4. The molecule has 0 saturated heterocycles. The predicted molar refractivity (Wildman–Crippen MR) is 66.0 cm³/mol. The maximum atomic E-state index is 12.5. The Morgan fingerprint density at radius 2 is 2.05 bits per heavy atom. The highest BCUT2D eigenvalue weighted by atomic mass is 35.5. The summed E-state index contributed by atoms with van der Waals surface area (Å²) >= 11 is 6.01. The van der Waals surface area contributed by atoms with Crippen molar-refractivity contribution in [3.8, 4) is 0 Å². The second-order valence-corrected chi connectivity index (χ2v) is 4.74. The van der Waals surface area contributed by atoms with Crippen LogP contribution in [-0.4, -0.2) is 45.7 Å². The van der Waals surface area contributed by atoms with Gasteiger partial charge in [0.1, 0.15) is 5.15 Å². The summed E-state index contributed by atoms with van der Waals surface area (Å²) < 4.78 is 38.9. The smallest absolute Gasteiger partial charge is 0.396 e. The van der Waals surface area contributed by atoms with Crippen molar-refractivity contribution in [2.24, 2.45) is 7.05 Å². The van der Waals surface area contributed by atoms with E-state index < -0.39 is 12.7 Å². The highest BCUT2D eigenvalue weighted by Crippen LogP contribution is 2.23. The van der Waals surface area contributed by atoms with Crippen LogP contribution in [0, 0.1) is 6.92 Å². The fourth-order valence-electron chi connectivity index (χ4n) is 1.84. The van der Waals surface area contributed by atoms with Gasteiger partial charge in [-0.3, -0.25) is 9.58 Å². The minimum atomic E-state index is -4.28. The Morgan fingerprint density at radius 1 is 1.42 bits per heavy atom. The zero-order valence-corrected chi connectivity index (χ0v) is 11.6. The molecule has 1 heterocycles. The number of rotatable bonds is 6. The summed E-state index contributed by atoms with van der Waals surface area (Å²) in [4.78, 5) is 1.21.